The van der Waals surface area contributed by atoms with Gasteiger partial charge in [-0.3, -0.25) is 4.99 Å². The van der Waals surface area contributed by atoms with E-state index in [0.29, 0.717) is 25.7 Å². The average molecular weight is 421 g/mol. The SMILES string of the molecule is COc1ccc(NC(N)=NCCOCC2CCCO2)cc1.I. The standard InChI is InChI=1S/C15H23N3O3.HI/c1-19-13-6-4-12(5-7-13)18-15(16)17-8-10-20-11-14-3-2-9-21-14;/h4-7,14H,2-3,8-11H2,1H3,(H3,16,17,18);1H. The van der Waals surface area contributed by atoms with Crippen LogP contribution in [0.4, 0.5) is 5.69 Å². The van der Waals surface area contributed by atoms with Crippen molar-refractivity contribution >= 4 is 35.6 Å². The summed E-state index contributed by atoms with van der Waals surface area (Å²) in [5.41, 5.74) is 6.68. The largest absolute Gasteiger partial charge is 0.497 e. The van der Waals surface area contributed by atoms with Gasteiger partial charge in [0.1, 0.15) is 5.75 Å². The Morgan fingerprint density at radius 2 is 2.18 bits per heavy atom. The zero-order valence-corrected chi connectivity index (χ0v) is 15.1. The molecule has 1 heterocycles. The molecule has 0 aliphatic carbocycles. The molecule has 1 unspecified atom stereocenters. The van der Waals surface area contributed by atoms with Gasteiger partial charge in [0, 0.05) is 12.3 Å². The molecular weight excluding hydrogens is 397 g/mol. The molecule has 0 aromatic heterocycles. The Bertz CT molecular complexity index is 448. The number of nitrogens with one attached hydrogen (secondary N) is 1. The fraction of sp³-hybridized carbons (Fsp3) is 0.533. The Balaban J connectivity index is 0.00000242. The van der Waals surface area contributed by atoms with Crippen LogP contribution in [0.3, 0.4) is 0 Å². The summed E-state index contributed by atoms with van der Waals surface area (Å²) >= 11 is 0. The lowest BCUT2D eigenvalue weighted by molar-refractivity contribution is 0.0200. The number of benzene rings is 1. The zero-order chi connectivity index (χ0) is 14.9. The highest BCUT2D eigenvalue weighted by molar-refractivity contribution is 14.0. The molecule has 0 spiro atoms. The van der Waals surface area contributed by atoms with Crippen LogP contribution < -0.4 is 15.8 Å². The number of nitrogens with zero attached hydrogens (tertiary/aromatic N) is 1. The summed E-state index contributed by atoms with van der Waals surface area (Å²) in [5.74, 6) is 1.18. The predicted octanol–water partition coefficient (Wildman–Crippen LogP) is 2.24. The number of hydrogen-bond donors (Lipinski definition) is 2. The van der Waals surface area contributed by atoms with Crippen LogP contribution >= 0.6 is 24.0 Å². The minimum atomic E-state index is 0. The summed E-state index contributed by atoms with van der Waals surface area (Å²) in [6.45, 7) is 2.57. The van der Waals surface area contributed by atoms with Gasteiger partial charge in [-0.1, -0.05) is 0 Å². The van der Waals surface area contributed by atoms with Gasteiger partial charge in [-0.2, -0.15) is 0 Å². The third-order valence-electron chi connectivity index (χ3n) is 3.21. The Labute approximate surface area is 148 Å². The van der Waals surface area contributed by atoms with Crippen molar-refractivity contribution in [1.82, 2.24) is 0 Å². The van der Waals surface area contributed by atoms with E-state index in [4.69, 9.17) is 19.9 Å². The van der Waals surface area contributed by atoms with Crippen LogP contribution in [-0.2, 0) is 9.47 Å². The molecule has 1 aliphatic rings. The first-order valence-corrected chi connectivity index (χ1v) is 7.18. The zero-order valence-electron chi connectivity index (χ0n) is 12.8. The van der Waals surface area contributed by atoms with Gasteiger partial charge in [0.05, 0.1) is 33.0 Å². The first-order chi connectivity index (χ1) is 10.3. The van der Waals surface area contributed by atoms with Crippen LogP contribution in [0.2, 0.25) is 0 Å². The lowest BCUT2D eigenvalue weighted by Gasteiger charge is -2.09. The summed E-state index contributed by atoms with van der Waals surface area (Å²) < 4.78 is 16.1. The smallest absolute Gasteiger partial charge is 0.193 e. The van der Waals surface area contributed by atoms with Gasteiger partial charge in [-0.15, -0.1) is 24.0 Å². The third-order valence-corrected chi connectivity index (χ3v) is 3.21. The highest BCUT2D eigenvalue weighted by Gasteiger charge is 2.14. The molecule has 2 rings (SSSR count). The van der Waals surface area contributed by atoms with E-state index in [1.807, 2.05) is 24.3 Å². The normalized spacial score (nSPS) is 17.9. The second kappa shape index (κ2) is 10.6. The quantitative estimate of drug-likeness (QED) is 0.306. The molecule has 0 saturated carbocycles. The van der Waals surface area contributed by atoms with Gasteiger partial charge in [0.25, 0.3) is 0 Å². The van der Waals surface area contributed by atoms with E-state index in [0.717, 1.165) is 30.9 Å². The first kappa shape index (κ1) is 19.0. The predicted molar refractivity (Wildman–Crippen MR) is 98.3 cm³/mol. The lowest BCUT2D eigenvalue weighted by atomic mass is 10.2. The maximum absolute atomic E-state index is 5.81. The molecule has 6 nitrogen and oxygen atoms in total. The second-order valence-corrected chi connectivity index (χ2v) is 4.83. The molecule has 7 heteroatoms. The number of halogens is 1. The van der Waals surface area contributed by atoms with Crippen molar-refractivity contribution in [3.05, 3.63) is 24.3 Å². The minimum Gasteiger partial charge on any atom is -0.497 e. The van der Waals surface area contributed by atoms with Crippen molar-refractivity contribution < 1.29 is 14.2 Å². The number of ether oxygens (including phenoxy) is 3. The summed E-state index contributed by atoms with van der Waals surface area (Å²) in [6, 6.07) is 7.49. The lowest BCUT2D eigenvalue weighted by Crippen LogP contribution is -2.23. The molecule has 22 heavy (non-hydrogen) atoms. The van der Waals surface area contributed by atoms with Crippen molar-refractivity contribution in [2.75, 3.05) is 38.8 Å². The molecular formula is C15H24IN3O3. The van der Waals surface area contributed by atoms with Crippen LogP contribution in [0.5, 0.6) is 5.75 Å². The fourth-order valence-corrected chi connectivity index (χ4v) is 2.08. The van der Waals surface area contributed by atoms with Crippen molar-refractivity contribution in [2.45, 2.75) is 18.9 Å². The molecule has 3 N–H and O–H groups in total. The summed E-state index contributed by atoms with van der Waals surface area (Å²) in [7, 11) is 1.63. The van der Waals surface area contributed by atoms with Crippen LogP contribution in [0.25, 0.3) is 0 Å². The van der Waals surface area contributed by atoms with Crippen LogP contribution in [0, 0.1) is 0 Å². The van der Waals surface area contributed by atoms with Crippen LogP contribution in [0.15, 0.2) is 29.3 Å². The molecule has 1 aliphatic heterocycles. The topological polar surface area (TPSA) is 78.1 Å². The number of rotatable bonds is 7. The van der Waals surface area contributed by atoms with Gasteiger partial charge in [0.15, 0.2) is 5.96 Å². The number of anilines is 1. The van der Waals surface area contributed by atoms with Gasteiger partial charge < -0.3 is 25.3 Å². The van der Waals surface area contributed by atoms with E-state index >= 15 is 0 Å². The number of guanidine groups is 1. The van der Waals surface area contributed by atoms with E-state index in [9.17, 15) is 0 Å². The van der Waals surface area contributed by atoms with Crippen molar-refractivity contribution in [2.24, 2.45) is 10.7 Å². The average Bonchev–Trinajstić information content (AvgIpc) is 3.01. The molecule has 0 bridgehead atoms. The van der Waals surface area contributed by atoms with Crippen molar-refractivity contribution in [1.29, 1.82) is 0 Å². The molecule has 1 fully saturated rings. The molecule has 1 aromatic rings. The highest BCUT2D eigenvalue weighted by Crippen LogP contribution is 2.14. The first-order valence-electron chi connectivity index (χ1n) is 7.18. The summed E-state index contributed by atoms with van der Waals surface area (Å²) in [6.07, 6.45) is 2.47. The van der Waals surface area contributed by atoms with Crippen LogP contribution in [-0.4, -0.2) is 45.5 Å². The van der Waals surface area contributed by atoms with Crippen LogP contribution in [0.1, 0.15) is 12.8 Å². The molecule has 1 aromatic carbocycles. The van der Waals surface area contributed by atoms with Gasteiger partial charge >= 0.3 is 0 Å². The van der Waals surface area contributed by atoms with E-state index < -0.39 is 0 Å². The minimum absolute atomic E-state index is 0. The highest BCUT2D eigenvalue weighted by atomic mass is 127. The Morgan fingerprint density at radius 3 is 2.82 bits per heavy atom. The number of aliphatic imine (C=N–C) groups is 1. The Kier molecular flexibility index (Phi) is 9.17. The molecule has 124 valence electrons. The van der Waals surface area contributed by atoms with Gasteiger partial charge in [-0.05, 0) is 37.1 Å². The van der Waals surface area contributed by atoms with Gasteiger partial charge in [0.2, 0.25) is 0 Å². The summed E-state index contributed by atoms with van der Waals surface area (Å²) in [4.78, 5) is 4.21. The molecule has 1 saturated heterocycles. The third kappa shape index (κ3) is 6.80. The molecule has 0 radical (unpaired) electrons. The second-order valence-electron chi connectivity index (χ2n) is 4.83. The monoisotopic (exact) mass is 421 g/mol. The van der Waals surface area contributed by atoms with E-state index in [1.165, 1.54) is 0 Å². The maximum Gasteiger partial charge on any atom is 0.193 e. The van der Waals surface area contributed by atoms with Gasteiger partial charge in [-0.25, -0.2) is 0 Å². The molecule has 1 atom stereocenters. The van der Waals surface area contributed by atoms with Crippen molar-refractivity contribution in [3.8, 4) is 5.75 Å². The number of hydrogen-bond acceptors (Lipinski definition) is 4. The summed E-state index contributed by atoms with van der Waals surface area (Å²) in [5, 5.41) is 3.02. The molecule has 0 amide bonds. The Morgan fingerprint density at radius 1 is 1.41 bits per heavy atom. The Hall–Kier alpha value is -1.06. The maximum atomic E-state index is 5.81. The van der Waals surface area contributed by atoms with E-state index in [2.05, 4.69) is 10.3 Å². The number of methoxy groups -OCH3 is 1. The fourth-order valence-electron chi connectivity index (χ4n) is 2.08. The number of nitrogens with two attached hydrogens (primary N) is 1. The van der Waals surface area contributed by atoms with E-state index in [-0.39, 0.29) is 30.1 Å². The van der Waals surface area contributed by atoms with E-state index in [1.54, 1.807) is 7.11 Å². The van der Waals surface area contributed by atoms with Crippen molar-refractivity contribution in [3.63, 3.8) is 0 Å².